The van der Waals surface area contributed by atoms with E-state index in [1.54, 1.807) is 11.3 Å². The number of amidine groups is 1. The number of nitrogens with two attached hydrogens (primary N) is 1. The molecule has 2 heterocycles. The number of halogens is 1. The minimum absolute atomic E-state index is 0. The van der Waals surface area contributed by atoms with Crippen LogP contribution in [-0.4, -0.2) is 12.4 Å². The van der Waals surface area contributed by atoms with Gasteiger partial charge in [-0.25, -0.2) is 0 Å². The van der Waals surface area contributed by atoms with Gasteiger partial charge in [-0.2, -0.15) is 0 Å². The Morgan fingerprint density at radius 1 is 1.44 bits per heavy atom. The molecule has 1 saturated heterocycles. The second-order valence-corrected chi connectivity index (χ2v) is 5.37. The molecule has 0 spiro atoms. The van der Waals surface area contributed by atoms with Gasteiger partial charge in [0.25, 0.3) is 0 Å². The molecule has 1 aliphatic heterocycles. The van der Waals surface area contributed by atoms with Gasteiger partial charge in [-0.3, -0.25) is 5.41 Å². The summed E-state index contributed by atoms with van der Waals surface area (Å²) < 4.78 is 6.92. The van der Waals surface area contributed by atoms with Crippen molar-refractivity contribution in [2.45, 2.75) is 18.9 Å². The molecule has 1 atom stereocenters. The molecular weight excluding hydrogens is 268 g/mol. The molecule has 0 radical (unpaired) electrons. The molecule has 0 amide bonds. The lowest BCUT2D eigenvalue weighted by Gasteiger charge is -2.10. The summed E-state index contributed by atoms with van der Waals surface area (Å²) in [6, 6.07) is 8.26. The first-order valence-electron chi connectivity index (χ1n) is 5.74. The predicted octanol–water partition coefficient (Wildman–Crippen LogP) is 3.46. The van der Waals surface area contributed by atoms with Crippen molar-refractivity contribution in [1.29, 1.82) is 5.41 Å². The summed E-state index contributed by atoms with van der Waals surface area (Å²) in [5.41, 5.74) is 6.78. The number of fused-ring (bicyclic) bond motifs is 1. The first kappa shape index (κ1) is 13.3. The van der Waals surface area contributed by atoms with E-state index in [0.717, 1.165) is 24.3 Å². The van der Waals surface area contributed by atoms with Crippen LogP contribution in [0.1, 0.15) is 29.4 Å². The van der Waals surface area contributed by atoms with E-state index in [1.807, 2.05) is 6.07 Å². The van der Waals surface area contributed by atoms with Gasteiger partial charge in [0.2, 0.25) is 0 Å². The summed E-state index contributed by atoms with van der Waals surface area (Å²) >= 11 is 1.57. The third-order valence-electron chi connectivity index (χ3n) is 3.14. The quantitative estimate of drug-likeness (QED) is 0.655. The molecule has 0 saturated carbocycles. The predicted molar refractivity (Wildman–Crippen MR) is 78.0 cm³/mol. The van der Waals surface area contributed by atoms with Gasteiger partial charge in [0, 0.05) is 11.3 Å². The van der Waals surface area contributed by atoms with Crippen molar-refractivity contribution >= 4 is 39.7 Å². The van der Waals surface area contributed by atoms with Crippen LogP contribution in [0.25, 0.3) is 10.1 Å². The monoisotopic (exact) mass is 282 g/mol. The van der Waals surface area contributed by atoms with Crippen LogP contribution in [0.4, 0.5) is 0 Å². The van der Waals surface area contributed by atoms with Gasteiger partial charge in [-0.1, -0.05) is 12.1 Å². The van der Waals surface area contributed by atoms with Crippen LogP contribution in [0.15, 0.2) is 24.3 Å². The molecule has 3 rings (SSSR count). The second kappa shape index (κ2) is 5.26. The Morgan fingerprint density at radius 2 is 2.28 bits per heavy atom. The molecule has 0 bridgehead atoms. The molecule has 1 aliphatic rings. The average Bonchev–Trinajstić information content (AvgIpc) is 2.97. The van der Waals surface area contributed by atoms with Crippen LogP contribution in [-0.2, 0) is 4.74 Å². The molecule has 96 valence electrons. The van der Waals surface area contributed by atoms with Crippen LogP contribution in [0.5, 0.6) is 0 Å². The normalized spacial score (nSPS) is 18.8. The van der Waals surface area contributed by atoms with Crippen LogP contribution in [0.2, 0.25) is 0 Å². The number of rotatable bonds is 2. The largest absolute Gasteiger partial charge is 0.383 e. The maximum atomic E-state index is 7.50. The van der Waals surface area contributed by atoms with Crippen molar-refractivity contribution in [2.24, 2.45) is 5.73 Å². The van der Waals surface area contributed by atoms with Crippen LogP contribution < -0.4 is 5.73 Å². The fourth-order valence-corrected chi connectivity index (χ4v) is 3.28. The lowest BCUT2D eigenvalue weighted by molar-refractivity contribution is 0.113. The minimum Gasteiger partial charge on any atom is -0.383 e. The Balaban J connectivity index is 0.00000120. The summed E-state index contributed by atoms with van der Waals surface area (Å²) in [6.45, 7) is 0.852. The molecule has 5 heteroatoms. The molecule has 1 aromatic heterocycles. The van der Waals surface area contributed by atoms with Crippen molar-refractivity contribution in [3.05, 3.63) is 34.7 Å². The highest BCUT2D eigenvalue weighted by Gasteiger charge is 2.20. The Bertz CT molecular complexity index is 575. The summed E-state index contributed by atoms with van der Waals surface area (Å²) in [5.74, 6) is 0.143. The van der Waals surface area contributed by atoms with Gasteiger partial charge in [0.1, 0.15) is 5.84 Å². The number of thiophene rings is 1. The van der Waals surface area contributed by atoms with Gasteiger partial charge in [0.05, 0.1) is 11.0 Å². The van der Waals surface area contributed by atoms with Gasteiger partial charge < -0.3 is 10.5 Å². The van der Waals surface area contributed by atoms with Crippen LogP contribution in [0.3, 0.4) is 0 Å². The van der Waals surface area contributed by atoms with Crippen LogP contribution in [0, 0.1) is 5.41 Å². The summed E-state index contributed by atoms with van der Waals surface area (Å²) in [4.78, 5) is 0.838. The van der Waals surface area contributed by atoms with E-state index in [9.17, 15) is 0 Å². The molecule has 0 aliphatic carbocycles. The van der Waals surface area contributed by atoms with E-state index in [0.29, 0.717) is 0 Å². The molecule has 2 aromatic rings. The second-order valence-electron chi connectivity index (χ2n) is 4.29. The highest BCUT2D eigenvalue weighted by molar-refractivity contribution is 7.20. The summed E-state index contributed by atoms with van der Waals surface area (Å²) in [5, 5.41) is 8.69. The molecule has 3 N–H and O–H groups in total. The third kappa shape index (κ3) is 2.23. The molecule has 1 aromatic carbocycles. The Kier molecular flexibility index (Phi) is 3.90. The number of hydrogen-bond acceptors (Lipinski definition) is 3. The number of hydrogen-bond donors (Lipinski definition) is 2. The maximum Gasteiger partial charge on any atom is 0.133 e. The standard InChI is InChI=1S/C13H14N2OS.ClH/c14-13(15)12-7-9-8(10-4-2-6-16-10)3-1-5-11(9)17-12;/h1,3,5,7,10H,2,4,6H2,(H3,14,15);1H/t10-;/m1./s1. The zero-order valence-corrected chi connectivity index (χ0v) is 11.4. The summed E-state index contributed by atoms with van der Waals surface area (Å²) in [6.07, 6.45) is 2.43. The van der Waals surface area contributed by atoms with Crippen LogP contribution >= 0.6 is 23.7 Å². The molecule has 0 unspecified atom stereocenters. The van der Waals surface area contributed by atoms with Crippen molar-refractivity contribution < 1.29 is 4.74 Å². The Hall–Kier alpha value is -1.10. The van der Waals surface area contributed by atoms with E-state index >= 15 is 0 Å². The van der Waals surface area contributed by atoms with Gasteiger partial charge in [0.15, 0.2) is 0 Å². The lowest BCUT2D eigenvalue weighted by Crippen LogP contribution is -2.08. The van der Waals surface area contributed by atoms with Gasteiger partial charge >= 0.3 is 0 Å². The van der Waals surface area contributed by atoms with E-state index in [2.05, 4.69) is 18.2 Å². The Morgan fingerprint density at radius 3 is 2.94 bits per heavy atom. The molecule has 3 nitrogen and oxygen atoms in total. The minimum atomic E-state index is 0. The van der Waals surface area contributed by atoms with E-state index in [4.69, 9.17) is 15.9 Å². The lowest BCUT2D eigenvalue weighted by atomic mass is 10.0. The zero-order valence-electron chi connectivity index (χ0n) is 9.81. The highest BCUT2D eigenvalue weighted by atomic mass is 35.5. The Labute approximate surface area is 116 Å². The average molecular weight is 283 g/mol. The molecule has 18 heavy (non-hydrogen) atoms. The van der Waals surface area contributed by atoms with Crippen molar-refractivity contribution in [2.75, 3.05) is 6.61 Å². The van der Waals surface area contributed by atoms with Crippen molar-refractivity contribution in [3.63, 3.8) is 0 Å². The number of nitrogen functional groups attached to an aromatic ring is 1. The fourth-order valence-electron chi connectivity index (χ4n) is 2.32. The maximum absolute atomic E-state index is 7.50. The SMILES string of the molecule is Cl.N=C(N)c1cc2c([C@H]3CCCO3)cccc2s1. The zero-order chi connectivity index (χ0) is 11.8. The number of nitrogens with one attached hydrogen (secondary N) is 1. The first-order valence-corrected chi connectivity index (χ1v) is 6.56. The highest BCUT2D eigenvalue weighted by Crippen LogP contribution is 2.36. The number of ether oxygens (including phenoxy) is 1. The van der Waals surface area contributed by atoms with Crippen molar-refractivity contribution in [3.8, 4) is 0 Å². The van der Waals surface area contributed by atoms with E-state index in [1.165, 1.54) is 15.6 Å². The van der Waals surface area contributed by atoms with Gasteiger partial charge in [-0.15, -0.1) is 23.7 Å². The number of benzene rings is 1. The van der Waals surface area contributed by atoms with Crippen molar-refractivity contribution in [1.82, 2.24) is 0 Å². The fraction of sp³-hybridized carbons (Fsp3) is 0.308. The third-order valence-corrected chi connectivity index (χ3v) is 4.27. The molecular formula is C13H15ClN2OS. The van der Waals surface area contributed by atoms with Gasteiger partial charge in [-0.05, 0) is 35.9 Å². The molecule has 1 fully saturated rings. The van der Waals surface area contributed by atoms with E-state index < -0.39 is 0 Å². The first-order chi connectivity index (χ1) is 8.25. The smallest absolute Gasteiger partial charge is 0.133 e. The topological polar surface area (TPSA) is 59.1 Å². The van der Waals surface area contributed by atoms with E-state index in [-0.39, 0.29) is 24.3 Å². The summed E-state index contributed by atoms with van der Waals surface area (Å²) in [7, 11) is 0.